The predicted molar refractivity (Wildman–Crippen MR) is 76.1 cm³/mol. The Kier molecular flexibility index (Phi) is 4.15. The number of hydrogen-bond donors (Lipinski definition) is 3. The summed E-state index contributed by atoms with van der Waals surface area (Å²) in [6.07, 6.45) is 1.14. The maximum atomic E-state index is 11.6. The lowest BCUT2D eigenvalue weighted by molar-refractivity contribution is 0.601. The van der Waals surface area contributed by atoms with Crippen LogP contribution in [0, 0.1) is 13.8 Å². The van der Waals surface area contributed by atoms with Crippen molar-refractivity contribution in [2.24, 2.45) is 27.2 Å². The van der Waals surface area contributed by atoms with E-state index in [0.29, 0.717) is 11.3 Å². The Bertz CT molecular complexity index is 658. The van der Waals surface area contributed by atoms with Crippen LogP contribution in [0.25, 0.3) is 0 Å². The molecule has 0 unspecified atom stereocenters. The van der Waals surface area contributed by atoms with Gasteiger partial charge in [-0.05, 0) is 31.0 Å². The summed E-state index contributed by atoms with van der Waals surface area (Å²) in [6, 6.07) is 3.17. The first-order valence-corrected chi connectivity index (χ1v) is 7.25. The zero-order valence-corrected chi connectivity index (χ0v) is 11.8. The molecule has 7 nitrogen and oxygen atoms in total. The van der Waals surface area contributed by atoms with E-state index in [0.717, 1.165) is 11.8 Å². The van der Waals surface area contributed by atoms with Gasteiger partial charge in [-0.1, -0.05) is 6.07 Å². The molecule has 0 aliphatic rings. The normalized spacial score (nSPS) is 12.3. The molecule has 0 aliphatic heterocycles. The summed E-state index contributed by atoms with van der Waals surface area (Å²) in [7, 11) is -3.33. The Labute approximate surface area is 112 Å². The molecular weight excluding hydrogens is 266 g/mol. The summed E-state index contributed by atoms with van der Waals surface area (Å²) in [6.45, 7) is 3.51. The first-order valence-electron chi connectivity index (χ1n) is 5.36. The van der Waals surface area contributed by atoms with Crippen molar-refractivity contribution in [3.63, 3.8) is 0 Å². The van der Waals surface area contributed by atoms with E-state index in [4.69, 9.17) is 17.2 Å². The Balaban J connectivity index is 3.43. The molecular formula is C11H17N5O2S. The minimum Gasteiger partial charge on any atom is -0.370 e. The van der Waals surface area contributed by atoms with Gasteiger partial charge in [-0.15, -0.1) is 0 Å². The maximum Gasteiger partial charge on any atom is 0.223 e. The molecule has 0 bridgehead atoms. The van der Waals surface area contributed by atoms with Crippen LogP contribution >= 0.6 is 0 Å². The molecule has 8 heteroatoms. The van der Waals surface area contributed by atoms with Gasteiger partial charge in [0.2, 0.25) is 5.96 Å². The maximum absolute atomic E-state index is 11.6. The van der Waals surface area contributed by atoms with Gasteiger partial charge in [-0.2, -0.15) is 4.99 Å². The molecule has 0 radical (unpaired) electrons. The fraction of sp³-hybridized carbons (Fsp3) is 0.273. The van der Waals surface area contributed by atoms with Gasteiger partial charge in [0.1, 0.15) is 0 Å². The summed E-state index contributed by atoms with van der Waals surface area (Å²) in [5.74, 6) is -0.347. The average molecular weight is 283 g/mol. The third-order valence-electron chi connectivity index (χ3n) is 2.37. The SMILES string of the molecule is Cc1cc(C)c(S(C)(=O)=O)cc1N=C(N)N=C(N)N. The predicted octanol–water partition coefficient (Wildman–Crippen LogP) is -0.0735. The van der Waals surface area contributed by atoms with Crippen LogP contribution in [0.2, 0.25) is 0 Å². The van der Waals surface area contributed by atoms with E-state index in [9.17, 15) is 8.42 Å². The lowest BCUT2D eigenvalue weighted by Crippen LogP contribution is -2.26. The van der Waals surface area contributed by atoms with Gasteiger partial charge in [0, 0.05) is 6.26 Å². The van der Waals surface area contributed by atoms with Crippen molar-refractivity contribution in [2.45, 2.75) is 18.7 Å². The Morgan fingerprint density at radius 1 is 1.11 bits per heavy atom. The van der Waals surface area contributed by atoms with Gasteiger partial charge in [-0.3, -0.25) is 0 Å². The molecule has 0 spiro atoms. The van der Waals surface area contributed by atoms with E-state index >= 15 is 0 Å². The highest BCUT2D eigenvalue weighted by Gasteiger charge is 2.13. The van der Waals surface area contributed by atoms with Crippen LogP contribution in [0.5, 0.6) is 0 Å². The van der Waals surface area contributed by atoms with Crippen molar-refractivity contribution >= 4 is 27.4 Å². The fourth-order valence-electron chi connectivity index (χ4n) is 1.62. The highest BCUT2D eigenvalue weighted by atomic mass is 32.2. The number of benzene rings is 1. The van der Waals surface area contributed by atoms with Crippen LogP contribution in [0.4, 0.5) is 5.69 Å². The molecule has 0 aromatic heterocycles. The molecule has 0 atom stereocenters. The summed E-state index contributed by atoms with van der Waals surface area (Å²) in [5, 5.41) is 0. The van der Waals surface area contributed by atoms with Crippen LogP contribution in [0.1, 0.15) is 11.1 Å². The van der Waals surface area contributed by atoms with Gasteiger partial charge < -0.3 is 17.2 Å². The van der Waals surface area contributed by atoms with Crippen LogP contribution in [0.15, 0.2) is 27.0 Å². The Hall–Kier alpha value is -2.09. The quantitative estimate of drug-likeness (QED) is 0.515. The summed E-state index contributed by atoms with van der Waals surface area (Å²) in [5.41, 5.74) is 17.7. The summed E-state index contributed by atoms with van der Waals surface area (Å²) < 4.78 is 23.3. The molecule has 104 valence electrons. The van der Waals surface area contributed by atoms with Crippen molar-refractivity contribution in [3.05, 3.63) is 23.3 Å². The van der Waals surface area contributed by atoms with E-state index < -0.39 is 9.84 Å². The topological polar surface area (TPSA) is 137 Å². The number of sulfone groups is 1. The third-order valence-corrected chi connectivity index (χ3v) is 3.61. The summed E-state index contributed by atoms with van der Waals surface area (Å²) >= 11 is 0. The van der Waals surface area contributed by atoms with Gasteiger partial charge in [0.15, 0.2) is 15.8 Å². The molecule has 1 aromatic rings. The molecule has 0 fully saturated rings. The standard InChI is InChI=1S/C11H17N5O2S/c1-6-4-7(2)9(19(3,17)18)5-8(6)15-11(14)16-10(12)13/h4-5H,1-3H3,(H6,12,13,14,15,16). The second kappa shape index (κ2) is 5.27. The number of rotatable bonds is 2. The van der Waals surface area contributed by atoms with Crippen molar-refractivity contribution in [1.82, 2.24) is 0 Å². The smallest absolute Gasteiger partial charge is 0.223 e. The van der Waals surface area contributed by atoms with E-state index in [2.05, 4.69) is 9.98 Å². The van der Waals surface area contributed by atoms with Crippen LogP contribution in [0.3, 0.4) is 0 Å². The summed E-state index contributed by atoms with van der Waals surface area (Å²) in [4.78, 5) is 7.78. The van der Waals surface area contributed by atoms with Crippen molar-refractivity contribution in [2.75, 3.05) is 6.26 Å². The van der Waals surface area contributed by atoms with Gasteiger partial charge in [0.25, 0.3) is 0 Å². The highest BCUT2D eigenvalue weighted by molar-refractivity contribution is 7.90. The zero-order valence-electron chi connectivity index (χ0n) is 11.0. The zero-order chi connectivity index (χ0) is 14.8. The lowest BCUT2D eigenvalue weighted by Gasteiger charge is -2.08. The number of aryl methyl sites for hydroxylation is 2. The van der Waals surface area contributed by atoms with Crippen molar-refractivity contribution < 1.29 is 8.42 Å². The Morgan fingerprint density at radius 2 is 1.68 bits per heavy atom. The van der Waals surface area contributed by atoms with Gasteiger partial charge in [0.05, 0.1) is 10.6 Å². The molecule has 1 rings (SSSR count). The minimum atomic E-state index is -3.33. The number of nitrogens with zero attached hydrogens (tertiary/aromatic N) is 2. The molecule has 0 saturated heterocycles. The highest BCUT2D eigenvalue weighted by Crippen LogP contribution is 2.26. The molecule has 0 aliphatic carbocycles. The second-order valence-electron chi connectivity index (χ2n) is 4.18. The number of aliphatic imine (C=N–C) groups is 2. The number of hydrogen-bond acceptors (Lipinski definition) is 3. The first-order chi connectivity index (χ1) is 8.61. The van der Waals surface area contributed by atoms with Gasteiger partial charge >= 0.3 is 0 Å². The van der Waals surface area contributed by atoms with Crippen LogP contribution in [-0.4, -0.2) is 26.6 Å². The first kappa shape index (κ1) is 15.0. The lowest BCUT2D eigenvalue weighted by atomic mass is 10.1. The Morgan fingerprint density at radius 3 is 2.16 bits per heavy atom. The van der Waals surface area contributed by atoms with Gasteiger partial charge in [-0.25, -0.2) is 13.4 Å². The molecule has 0 amide bonds. The van der Waals surface area contributed by atoms with Crippen LogP contribution in [-0.2, 0) is 9.84 Å². The molecule has 6 N–H and O–H groups in total. The van der Waals surface area contributed by atoms with E-state index in [-0.39, 0.29) is 16.8 Å². The largest absolute Gasteiger partial charge is 0.370 e. The van der Waals surface area contributed by atoms with Crippen molar-refractivity contribution in [1.29, 1.82) is 0 Å². The minimum absolute atomic E-state index is 0.133. The molecule has 0 heterocycles. The van der Waals surface area contributed by atoms with E-state index in [1.165, 1.54) is 6.07 Å². The molecule has 19 heavy (non-hydrogen) atoms. The molecule has 0 saturated carbocycles. The second-order valence-corrected chi connectivity index (χ2v) is 6.17. The molecule has 1 aromatic carbocycles. The number of guanidine groups is 2. The average Bonchev–Trinajstić information content (AvgIpc) is 2.18. The monoisotopic (exact) mass is 283 g/mol. The fourth-order valence-corrected chi connectivity index (χ4v) is 2.59. The van der Waals surface area contributed by atoms with Crippen LogP contribution < -0.4 is 17.2 Å². The van der Waals surface area contributed by atoms with E-state index in [1.54, 1.807) is 19.9 Å². The van der Waals surface area contributed by atoms with E-state index in [1.807, 2.05) is 0 Å². The number of nitrogens with two attached hydrogens (primary N) is 3. The van der Waals surface area contributed by atoms with Crippen molar-refractivity contribution in [3.8, 4) is 0 Å². The third kappa shape index (κ3) is 3.95.